The molecule has 3 aromatic heterocycles. The van der Waals surface area contributed by atoms with Crippen LogP contribution >= 0.6 is 35.2 Å². The molecule has 6 rings (SSSR count). The Labute approximate surface area is 277 Å². The average Bonchev–Trinajstić information content (AvgIpc) is 3.45. The van der Waals surface area contributed by atoms with Crippen LogP contribution in [0.25, 0.3) is 11.2 Å². The maximum Gasteiger partial charge on any atom is 0.481 e. The summed E-state index contributed by atoms with van der Waals surface area (Å²) >= 11 is 1.27. The lowest BCUT2D eigenvalue weighted by Crippen LogP contribution is -2.57. The quantitative estimate of drug-likeness (QED) is 0.0368. The van der Waals surface area contributed by atoms with Crippen LogP contribution in [0.15, 0.2) is 34.8 Å². The molecular formula is C21H28N7O17P3S+2. The number of aliphatic hydroxyl groups is 3. The molecule has 2 saturated heterocycles. The number of pyridine rings is 1. The zero-order chi connectivity index (χ0) is 35.6. The third-order valence-corrected chi connectivity index (χ3v) is 11.4. The monoisotopic (exact) mass is 775 g/mol. The number of fused-ring (bicyclic) bond motifs is 2. The third-order valence-electron chi connectivity index (χ3n) is 7.35. The van der Waals surface area contributed by atoms with Crippen molar-refractivity contribution in [3.8, 4) is 0 Å². The van der Waals surface area contributed by atoms with Crippen LogP contribution in [0.5, 0.6) is 0 Å². The number of ether oxygens (including phenoxy) is 2. The minimum absolute atomic E-state index is 0.00702. The first-order valence-corrected chi connectivity index (χ1v) is 19.0. The van der Waals surface area contributed by atoms with E-state index in [1.807, 2.05) is 0 Å². The molecule has 0 aromatic carbocycles. The van der Waals surface area contributed by atoms with E-state index in [0.717, 1.165) is 17.2 Å². The van der Waals surface area contributed by atoms with Gasteiger partial charge in [0.25, 0.3) is 11.3 Å². The largest absolute Gasteiger partial charge is 0.481 e. The summed E-state index contributed by atoms with van der Waals surface area (Å²) in [5.41, 5.74) is 9.37. The van der Waals surface area contributed by atoms with E-state index in [1.165, 1.54) is 22.5 Å². The lowest BCUT2D eigenvalue weighted by Gasteiger charge is -2.22. The number of carbonyl (C=O) groups is 1. The molecule has 1 amide bonds. The van der Waals surface area contributed by atoms with Crippen LogP contribution in [0.2, 0.25) is 0 Å². The van der Waals surface area contributed by atoms with Gasteiger partial charge >= 0.3 is 29.4 Å². The van der Waals surface area contributed by atoms with Crippen molar-refractivity contribution in [1.29, 1.82) is 0 Å². The van der Waals surface area contributed by atoms with Crippen LogP contribution in [-0.4, -0.2) is 110 Å². The molecule has 24 nitrogen and oxygen atoms in total. The van der Waals surface area contributed by atoms with Crippen molar-refractivity contribution in [2.45, 2.75) is 59.0 Å². The molecule has 3 aliphatic rings. The predicted octanol–water partition coefficient (Wildman–Crippen LogP) is -3.15. The summed E-state index contributed by atoms with van der Waals surface area (Å²) in [5.74, 6) is -0.567. The third kappa shape index (κ3) is 7.79. The van der Waals surface area contributed by atoms with E-state index in [1.54, 1.807) is 6.07 Å². The number of rotatable bonds is 13. The topological polar surface area (TPSA) is 366 Å². The molecule has 0 radical (unpaired) electrons. The minimum Gasteiger partial charge on any atom is -0.387 e. The number of nitrogens with two attached hydrogens (primary N) is 1. The van der Waals surface area contributed by atoms with Crippen LogP contribution < -0.4 is 16.0 Å². The molecule has 3 aromatic rings. The number of imidazole rings is 1. The lowest BCUT2D eigenvalue weighted by molar-refractivity contribution is -0.795. The van der Waals surface area contributed by atoms with Crippen molar-refractivity contribution in [3.05, 3.63) is 30.5 Å². The van der Waals surface area contributed by atoms with Gasteiger partial charge in [-0.05, 0) is 17.8 Å². The van der Waals surface area contributed by atoms with E-state index in [-0.39, 0.29) is 22.5 Å². The molecule has 0 aliphatic carbocycles. The fourth-order valence-electron chi connectivity index (χ4n) is 5.10. The Bertz CT molecular complexity index is 1930. The van der Waals surface area contributed by atoms with Gasteiger partial charge in [0.15, 0.2) is 30.0 Å². The van der Waals surface area contributed by atoms with Gasteiger partial charge in [0.05, 0.1) is 24.4 Å². The van der Waals surface area contributed by atoms with Gasteiger partial charge in [0, 0.05) is 0 Å². The van der Waals surface area contributed by atoms with Crippen LogP contribution in [0, 0.1) is 0 Å². The fourth-order valence-corrected chi connectivity index (χ4v) is 8.50. The van der Waals surface area contributed by atoms with E-state index in [0.29, 0.717) is 9.92 Å². The van der Waals surface area contributed by atoms with Crippen molar-refractivity contribution >= 4 is 58.1 Å². The van der Waals surface area contributed by atoms with Crippen LogP contribution in [0.3, 0.4) is 0 Å². The molecule has 28 heteroatoms. The van der Waals surface area contributed by atoms with Gasteiger partial charge in [-0.2, -0.15) is 8.88 Å². The molecule has 6 heterocycles. The van der Waals surface area contributed by atoms with Crippen molar-refractivity contribution in [2.75, 3.05) is 18.9 Å². The first-order chi connectivity index (χ1) is 22.8. The number of aliphatic hydroxyl groups excluding tert-OH is 3. The summed E-state index contributed by atoms with van der Waals surface area (Å²) < 4.78 is 68.9. The van der Waals surface area contributed by atoms with E-state index in [9.17, 15) is 53.4 Å². The molecular weight excluding hydrogens is 747 g/mol. The van der Waals surface area contributed by atoms with Gasteiger partial charge in [-0.25, -0.2) is 33.4 Å². The molecule has 49 heavy (non-hydrogen) atoms. The molecule has 0 saturated carbocycles. The highest BCUT2D eigenvalue weighted by molar-refractivity contribution is 8.04. The van der Waals surface area contributed by atoms with Crippen molar-refractivity contribution in [3.63, 3.8) is 0 Å². The number of phosphoric acid groups is 3. The average molecular weight is 775 g/mol. The number of amides is 1. The van der Waals surface area contributed by atoms with Crippen molar-refractivity contribution in [2.24, 2.45) is 0 Å². The Morgan fingerprint density at radius 1 is 1.00 bits per heavy atom. The zero-order valence-corrected chi connectivity index (χ0v) is 27.8. The second kappa shape index (κ2) is 13.3. The second-order valence-corrected chi connectivity index (χ2v) is 16.0. The maximum atomic E-state index is 12.6. The number of carbonyl (C=O) groups excluding carboxylic acids is 1. The summed E-state index contributed by atoms with van der Waals surface area (Å²) in [6.07, 6.45) is -9.47. The van der Waals surface area contributed by atoms with Gasteiger partial charge in [0.1, 0.15) is 47.9 Å². The molecule has 0 spiro atoms. The van der Waals surface area contributed by atoms with Crippen molar-refractivity contribution in [1.82, 2.24) is 19.5 Å². The summed E-state index contributed by atoms with van der Waals surface area (Å²) in [5, 5.41) is 32.4. The van der Waals surface area contributed by atoms with E-state index in [2.05, 4.69) is 25.0 Å². The van der Waals surface area contributed by atoms with E-state index in [4.69, 9.17) is 28.8 Å². The summed E-state index contributed by atoms with van der Waals surface area (Å²) in [6, 6.07) is 1.58. The first kappa shape index (κ1) is 36.4. The highest BCUT2D eigenvalue weighted by atomic mass is 32.2. The van der Waals surface area contributed by atoms with Gasteiger partial charge < -0.3 is 50.1 Å². The standard InChI is InChI=1S/C21H26N7O17P3S/c22-16-11-18(25-5-24-16)28(6-26-11)20-15(44-46(33,34)35)13(30)9(43-20)4-41-48(38,39)45-47(36,37)40-3-8-12(29)14(31)19(42-8)27-2-7(17(23)32)1-10-21(27)49-10/h1-2,5-6,8-9,12-15,19-20,29-31H,3-4H2,(H7-,22,23,24,25,32,33,34,35,36,37,38,39)/p+2/t8-,9-,12-,13-,14-,15-,19-,20-/m1/s1. The minimum atomic E-state index is -5.52. The molecule has 2 unspecified atom stereocenters. The van der Waals surface area contributed by atoms with Crippen LogP contribution in [-0.2, 0) is 41.1 Å². The number of hydrogen-bond donors (Lipinski definition) is 9. The summed E-state index contributed by atoms with van der Waals surface area (Å²) in [6.45, 7) is -2.00. The summed E-state index contributed by atoms with van der Waals surface area (Å²) in [7, 11) is -16.3. The first-order valence-electron chi connectivity index (χ1n) is 13.7. The fraction of sp³-hybridized carbons (Fsp3) is 0.476. The maximum absolute atomic E-state index is 12.6. The molecule has 10 atom stereocenters. The highest BCUT2D eigenvalue weighted by Gasteiger charge is 2.53. The Kier molecular flexibility index (Phi) is 9.91. The number of nitrogens with zero attached hydrogens (tertiary/aromatic N) is 5. The van der Waals surface area contributed by atoms with Crippen LogP contribution in [0.1, 0.15) is 22.8 Å². The smallest absolute Gasteiger partial charge is 0.387 e. The SMILES string of the molecule is Nc1ncnc2c1ncn2[C@@H]1O[C@H](COP(=O)(O)OP(=O)(O)OC[C@H]2O[C@@H]([n+]3cc(C([NH3+])=O)cc4c3S4)[C@H](O)[C@@H]2O)[C@@H](O)[C@H]1OP(=O)(O)O. The molecule has 2 fully saturated rings. The molecule has 0 bridgehead atoms. The molecule has 3 aliphatic heterocycles. The Hall–Kier alpha value is -2.35. The predicted molar refractivity (Wildman–Crippen MR) is 153 cm³/mol. The Balaban J connectivity index is 1.08. The van der Waals surface area contributed by atoms with Gasteiger partial charge in [-0.15, -0.1) is 0 Å². The number of nitrogen functional groups attached to an aromatic ring is 1. The summed E-state index contributed by atoms with van der Waals surface area (Å²) in [4.78, 5) is 63.3. The normalized spacial score (nSPS) is 30.6. The van der Waals surface area contributed by atoms with Gasteiger partial charge in [-0.3, -0.25) is 23.9 Å². The number of anilines is 1. The number of quaternary nitrogens is 1. The van der Waals surface area contributed by atoms with Gasteiger partial charge in [0.2, 0.25) is 0 Å². The number of hydrogen-bond acceptors (Lipinski definition) is 18. The Morgan fingerprint density at radius 2 is 1.65 bits per heavy atom. The number of phosphoric ester groups is 3. The number of aromatic nitrogens is 5. The van der Waals surface area contributed by atoms with Crippen molar-refractivity contribution < 1.29 is 91.0 Å². The molecule has 268 valence electrons. The van der Waals surface area contributed by atoms with Crippen LogP contribution in [0.4, 0.5) is 5.82 Å². The van der Waals surface area contributed by atoms with Gasteiger partial charge in [-0.1, -0.05) is 0 Å². The second-order valence-electron chi connectivity index (χ2n) is 10.7. The Morgan fingerprint density at radius 3 is 2.29 bits per heavy atom. The van der Waals surface area contributed by atoms with E-state index < -0.39 is 91.7 Å². The highest BCUT2D eigenvalue weighted by Crippen LogP contribution is 2.61. The lowest BCUT2D eigenvalue weighted by atomic mass is 10.1. The zero-order valence-electron chi connectivity index (χ0n) is 24.3. The molecule has 12 N–H and O–H groups in total. The van der Waals surface area contributed by atoms with E-state index >= 15 is 0 Å².